The fraction of sp³-hybridized carbons (Fsp3) is 0.286. The predicted octanol–water partition coefficient (Wildman–Crippen LogP) is 3.40. The molecule has 1 aliphatic rings. The van der Waals surface area contributed by atoms with Gasteiger partial charge < -0.3 is 9.72 Å². The Morgan fingerprint density at radius 1 is 1.20 bits per heavy atom. The van der Waals surface area contributed by atoms with E-state index in [1.807, 2.05) is 37.3 Å². The van der Waals surface area contributed by atoms with Crippen molar-refractivity contribution in [3.8, 4) is 5.75 Å². The number of aromatic amines is 1. The van der Waals surface area contributed by atoms with Crippen LogP contribution in [0.3, 0.4) is 0 Å². The standard InChI is InChI=1S/C21H22N2O2/c1-14-6-7-19-17(10-14)21(24)18-13-23(9-8-20(18)22-19)12-15-4-3-5-16(11-15)25-2/h3-7,10-11H,8-9,12-13H2,1-2H3,(H,22,24). The summed E-state index contributed by atoms with van der Waals surface area (Å²) >= 11 is 0. The van der Waals surface area contributed by atoms with E-state index in [0.29, 0.717) is 6.54 Å². The summed E-state index contributed by atoms with van der Waals surface area (Å²) in [6.45, 7) is 4.47. The highest BCUT2D eigenvalue weighted by Crippen LogP contribution is 2.21. The molecule has 0 atom stereocenters. The maximum absolute atomic E-state index is 13.0. The Balaban J connectivity index is 1.65. The molecule has 25 heavy (non-hydrogen) atoms. The van der Waals surface area contributed by atoms with Crippen molar-refractivity contribution in [2.75, 3.05) is 13.7 Å². The molecule has 1 N–H and O–H groups in total. The molecule has 128 valence electrons. The molecule has 4 rings (SSSR count). The lowest BCUT2D eigenvalue weighted by atomic mass is 10.0. The molecule has 0 bridgehead atoms. The van der Waals surface area contributed by atoms with Crippen LogP contribution in [0, 0.1) is 6.92 Å². The van der Waals surface area contributed by atoms with E-state index in [2.05, 4.69) is 22.0 Å². The molecular weight excluding hydrogens is 312 g/mol. The second-order valence-electron chi connectivity index (χ2n) is 6.77. The molecule has 2 aromatic carbocycles. The monoisotopic (exact) mass is 334 g/mol. The number of rotatable bonds is 3. The van der Waals surface area contributed by atoms with Gasteiger partial charge >= 0.3 is 0 Å². The van der Waals surface area contributed by atoms with Crippen molar-refractivity contribution in [1.29, 1.82) is 0 Å². The molecule has 0 fully saturated rings. The van der Waals surface area contributed by atoms with Crippen LogP contribution < -0.4 is 10.2 Å². The number of pyridine rings is 1. The second-order valence-corrected chi connectivity index (χ2v) is 6.77. The first-order valence-corrected chi connectivity index (χ1v) is 8.64. The maximum atomic E-state index is 13.0. The van der Waals surface area contributed by atoms with Gasteiger partial charge in [-0.2, -0.15) is 0 Å². The Morgan fingerprint density at radius 2 is 2.08 bits per heavy atom. The molecule has 0 unspecified atom stereocenters. The SMILES string of the molecule is COc1cccc(CN2CCc3[nH]c4ccc(C)cc4c(=O)c3C2)c1. The number of aryl methyl sites for hydroxylation is 1. The molecule has 4 nitrogen and oxygen atoms in total. The van der Waals surface area contributed by atoms with E-state index in [0.717, 1.165) is 53.0 Å². The number of benzene rings is 2. The Labute approximate surface area is 147 Å². The van der Waals surface area contributed by atoms with Crippen molar-refractivity contribution < 1.29 is 4.74 Å². The van der Waals surface area contributed by atoms with Crippen LogP contribution in [-0.2, 0) is 19.5 Å². The van der Waals surface area contributed by atoms with Gasteiger partial charge in [0.15, 0.2) is 5.43 Å². The largest absolute Gasteiger partial charge is 0.497 e. The number of nitrogens with zero attached hydrogens (tertiary/aromatic N) is 1. The number of fused-ring (bicyclic) bond motifs is 2. The molecule has 1 aromatic heterocycles. The number of H-pyrrole nitrogens is 1. The maximum Gasteiger partial charge on any atom is 0.194 e. The molecule has 3 aromatic rings. The topological polar surface area (TPSA) is 45.3 Å². The number of hydrogen-bond acceptors (Lipinski definition) is 3. The van der Waals surface area contributed by atoms with Gasteiger partial charge in [-0.1, -0.05) is 23.8 Å². The van der Waals surface area contributed by atoms with E-state index in [1.165, 1.54) is 5.56 Å². The Morgan fingerprint density at radius 3 is 2.92 bits per heavy atom. The third-order valence-corrected chi connectivity index (χ3v) is 4.94. The van der Waals surface area contributed by atoms with Gasteiger partial charge in [0.2, 0.25) is 0 Å². The van der Waals surface area contributed by atoms with Gasteiger partial charge in [0.05, 0.1) is 7.11 Å². The molecule has 1 aliphatic heterocycles. The van der Waals surface area contributed by atoms with Crippen LogP contribution in [0.2, 0.25) is 0 Å². The number of hydrogen-bond donors (Lipinski definition) is 1. The minimum absolute atomic E-state index is 0.169. The zero-order chi connectivity index (χ0) is 17.4. The lowest BCUT2D eigenvalue weighted by Gasteiger charge is -2.28. The molecular formula is C21H22N2O2. The fourth-order valence-corrected chi connectivity index (χ4v) is 3.61. The highest BCUT2D eigenvalue weighted by molar-refractivity contribution is 5.80. The van der Waals surface area contributed by atoms with E-state index >= 15 is 0 Å². The average molecular weight is 334 g/mol. The van der Waals surface area contributed by atoms with Crippen LogP contribution in [0.15, 0.2) is 47.3 Å². The lowest BCUT2D eigenvalue weighted by molar-refractivity contribution is 0.242. The van der Waals surface area contributed by atoms with Crippen molar-refractivity contribution in [1.82, 2.24) is 9.88 Å². The van der Waals surface area contributed by atoms with E-state index < -0.39 is 0 Å². The van der Waals surface area contributed by atoms with Crippen molar-refractivity contribution in [3.05, 3.63) is 75.1 Å². The lowest BCUT2D eigenvalue weighted by Crippen LogP contribution is -2.34. The van der Waals surface area contributed by atoms with E-state index in [9.17, 15) is 4.79 Å². The molecule has 0 amide bonds. The van der Waals surface area contributed by atoms with Crippen molar-refractivity contribution in [2.24, 2.45) is 0 Å². The van der Waals surface area contributed by atoms with Gasteiger partial charge in [-0.25, -0.2) is 0 Å². The average Bonchev–Trinajstić information content (AvgIpc) is 2.63. The Kier molecular flexibility index (Phi) is 4.06. The normalized spacial score (nSPS) is 14.5. The second kappa shape index (κ2) is 6.37. The Hall–Kier alpha value is -2.59. The predicted molar refractivity (Wildman–Crippen MR) is 100 cm³/mol. The number of aromatic nitrogens is 1. The van der Waals surface area contributed by atoms with Gasteiger partial charge in [0.25, 0.3) is 0 Å². The van der Waals surface area contributed by atoms with Crippen LogP contribution in [0.5, 0.6) is 5.75 Å². The molecule has 0 spiro atoms. The highest BCUT2D eigenvalue weighted by Gasteiger charge is 2.21. The quantitative estimate of drug-likeness (QED) is 0.798. The van der Waals surface area contributed by atoms with Gasteiger partial charge in [0, 0.05) is 48.2 Å². The molecule has 0 saturated heterocycles. The highest BCUT2D eigenvalue weighted by atomic mass is 16.5. The third-order valence-electron chi connectivity index (χ3n) is 4.94. The summed E-state index contributed by atoms with van der Waals surface area (Å²) in [5, 5.41) is 0.794. The summed E-state index contributed by atoms with van der Waals surface area (Å²) in [6.07, 6.45) is 0.873. The van der Waals surface area contributed by atoms with Crippen molar-refractivity contribution in [3.63, 3.8) is 0 Å². The van der Waals surface area contributed by atoms with E-state index in [-0.39, 0.29) is 5.43 Å². The minimum Gasteiger partial charge on any atom is -0.497 e. The summed E-state index contributed by atoms with van der Waals surface area (Å²) in [5.74, 6) is 0.870. The van der Waals surface area contributed by atoms with Crippen LogP contribution in [0.4, 0.5) is 0 Å². The van der Waals surface area contributed by atoms with Crippen LogP contribution in [0.25, 0.3) is 10.9 Å². The summed E-state index contributed by atoms with van der Waals surface area (Å²) in [4.78, 5) is 18.8. The summed E-state index contributed by atoms with van der Waals surface area (Å²) < 4.78 is 5.31. The van der Waals surface area contributed by atoms with Crippen molar-refractivity contribution >= 4 is 10.9 Å². The van der Waals surface area contributed by atoms with Gasteiger partial charge in [0.1, 0.15) is 5.75 Å². The zero-order valence-corrected chi connectivity index (χ0v) is 14.6. The van der Waals surface area contributed by atoms with E-state index in [4.69, 9.17) is 4.74 Å². The summed E-state index contributed by atoms with van der Waals surface area (Å²) in [7, 11) is 1.68. The van der Waals surface area contributed by atoms with Crippen LogP contribution >= 0.6 is 0 Å². The van der Waals surface area contributed by atoms with Gasteiger partial charge in [-0.3, -0.25) is 9.69 Å². The van der Waals surface area contributed by atoms with Gasteiger partial charge in [-0.15, -0.1) is 0 Å². The van der Waals surface area contributed by atoms with Crippen molar-refractivity contribution in [2.45, 2.75) is 26.4 Å². The first kappa shape index (κ1) is 15.9. The first-order chi connectivity index (χ1) is 12.1. The molecule has 4 heteroatoms. The summed E-state index contributed by atoms with van der Waals surface area (Å²) in [6, 6.07) is 14.2. The van der Waals surface area contributed by atoms with Gasteiger partial charge in [-0.05, 0) is 36.8 Å². The fourth-order valence-electron chi connectivity index (χ4n) is 3.61. The smallest absolute Gasteiger partial charge is 0.194 e. The number of methoxy groups -OCH3 is 1. The Bertz CT molecular complexity index is 991. The zero-order valence-electron chi connectivity index (χ0n) is 14.6. The van der Waals surface area contributed by atoms with E-state index in [1.54, 1.807) is 7.11 Å². The van der Waals surface area contributed by atoms with Crippen LogP contribution in [-0.4, -0.2) is 23.5 Å². The third kappa shape index (κ3) is 3.05. The van der Waals surface area contributed by atoms with Crippen LogP contribution in [0.1, 0.15) is 22.4 Å². The summed E-state index contributed by atoms with van der Waals surface area (Å²) in [5.41, 5.74) is 5.42. The molecule has 0 aliphatic carbocycles. The molecule has 2 heterocycles. The molecule has 0 saturated carbocycles. The number of ether oxygens (including phenoxy) is 1. The number of nitrogens with one attached hydrogen (secondary N) is 1. The first-order valence-electron chi connectivity index (χ1n) is 8.64. The minimum atomic E-state index is 0.169. The molecule has 0 radical (unpaired) electrons.